The standard InChI is InChI=1S/C12H16N4OS/c1-4-5-13-11-14-6-8(2)10(16-11)18-12-15-9(3)7-17-12/h6-7H,4-5H2,1-3H3,(H,13,14,16). The normalized spacial score (nSPS) is 10.6. The highest BCUT2D eigenvalue weighted by molar-refractivity contribution is 7.99. The minimum Gasteiger partial charge on any atom is -0.439 e. The van der Waals surface area contributed by atoms with E-state index in [0.717, 1.165) is 29.2 Å². The van der Waals surface area contributed by atoms with E-state index in [2.05, 4.69) is 27.2 Å². The van der Waals surface area contributed by atoms with Crippen LogP contribution in [0, 0.1) is 13.8 Å². The van der Waals surface area contributed by atoms with Crippen LogP contribution in [0.25, 0.3) is 0 Å². The molecule has 2 heterocycles. The average molecular weight is 264 g/mol. The van der Waals surface area contributed by atoms with Crippen molar-refractivity contribution in [2.24, 2.45) is 0 Å². The Morgan fingerprint density at radius 2 is 2.17 bits per heavy atom. The molecule has 0 radical (unpaired) electrons. The maximum Gasteiger partial charge on any atom is 0.262 e. The zero-order valence-electron chi connectivity index (χ0n) is 10.7. The highest BCUT2D eigenvalue weighted by atomic mass is 32.2. The molecular formula is C12H16N4OS. The molecule has 2 aromatic heterocycles. The first kappa shape index (κ1) is 12.9. The third-order valence-electron chi connectivity index (χ3n) is 2.24. The highest BCUT2D eigenvalue weighted by Gasteiger charge is 2.09. The Hall–Kier alpha value is -1.56. The third kappa shape index (κ3) is 3.22. The van der Waals surface area contributed by atoms with Gasteiger partial charge in [0.05, 0.1) is 5.69 Å². The van der Waals surface area contributed by atoms with Crippen LogP contribution < -0.4 is 5.32 Å². The molecule has 0 bridgehead atoms. The molecule has 0 fully saturated rings. The lowest BCUT2D eigenvalue weighted by molar-refractivity contribution is 0.453. The molecule has 0 amide bonds. The van der Waals surface area contributed by atoms with E-state index in [1.165, 1.54) is 11.8 Å². The number of aryl methyl sites for hydroxylation is 2. The molecule has 0 atom stereocenters. The summed E-state index contributed by atoms with van der Waals surface area (Å²) in [6, 6.07) is 0. The minimum atomic E-state index is 0.607. The summed E-state index contributed by atoms with van der Waals surface area (Å²) in [7, 11) is 0. The number of aromatic nitrogens is 3. The van der Waals surface area contributed by atoms with Gasteiger partial charge in [0.2, 0.25) is 5.95 Å². The van der Waals surface area contributed by atoms with Gasteiger partial charge in [0, 0.05) is 18.3 Å². The summed E-state index contributed by atoms with van der Waals surface area (Å²) in [4.78, 5) is 12.9. The second-order valence-electron chi connectivity index (χ2n) is 3.97. The fourth-order valence-electron chi connectivity index (χ4n) is 1.31. The summed E-state index contributed by atoms with van der Waals surface area (Å²) in [5, 5.41) is 4.64. The molecule has 2 rings (SSSR count). The maximum absolute atomic E-state index is 5.32. The Morgan fingerprint density at radius 1 is 1.33 bits per heavy atom. The first-order valence-electron chi connectivity index (χ1n) is 5.86. The van der Waals surface area contributed by atoms with Crippen LogP contribution in [-0.2, 0) is 0 Å². The zero-order valence-corrected chi connectivity index (χ0v) is 11.5. The van der Waals surface area contributed by atoms with E-state index in [0.29, 0.717) is 11.2 Å². The second kappa shape index (κ2) is 5.86. The molecule has 0 aliphatic carbocycles. The van der Waals surface area contributed by atoms with Gasteiger partial charge in [0.1, 0.15) is 11.3 Å². The number of rotatable bonds is 5. The van der Waals surface area contributed by atoms with E-state index >= 15 is 0 Å². The van der Waals surface area contributed by atoms with Crippen molar-refractivity contribution < 1.29 is 4.42 Å². The SMILES string of the molecule is CCCNc1ncc(C)c(Sc2nc(C)co2)n1. The molecule has 0 aliphatic rings. The van der Waals surface area contributed by atoms with Crippen LogP contribution in [0.15, 0.2) is 27.1 Å². The van der Waals surface area contributed by atoms with Gasteiger partial charge in [-0.3, -0.25) is 0 Å². The van der Waals surface area contributed by atoms with Crippen molar-refractivity contribution in [3.05, 3.63) is 23.7 Å². The van der Waals surface area contributed by atoms with Crippen LogP contribution in [0.1, 0.15) is 24.6 Å². The van der Waals surface area contributed by atoms with Gasteiger partial charge in [0.15, 0.2) is 0 Å². The number of hydrogen-bond acceptors (Lipinski definition) is 6. The van der Waals surface area contributed by atoms with Gasteiger partial charge < -0.3 is 9.73 Å². The Balaban J connectivity index is 2.15. The summed E-state index contributed by atoms with van der Waals surface area (Å²) < 4.78 is 5.32. The molecule has 2 aromatic rings. The van der Waals surface area contributed by atoms with Crippen molar-refractivity contribution in [3.8, 4) is 0 Å². The lowest BCUT2D eigenvalue weighted by atomic mass is 10.4. The fraction of sp³-hybridized carbons (Fsp3) is 0.417. The van der Waals surface area contributed by atoms with E-state index in [1.807, 2.05) is 20.0 Å². The predicted octanol–water partition coefficient (Wildman–Crippen LogP) is 3.05. The molecule has 0 saturated heterocycles. The van der Waals surface area contributed by atoms with E-state index in [4.69, 9.17) is 4.42 Å². The molecule has 18 heavy (non-hydrogen) atoms. The fourth-order valence-corrected chi connectivity index (χ4v) is 2.11. The number of oxazole rings is 1. The molecular weight excluding hydrogens is 248 g/mol. The minimum absolute atomic E-state index is 0.607. The lowest BCUT2D eigenvalue weighted by Gasteiger charge is -2.06. The Bertz CT molecular complexity index is 527. The number of hydrogen-bond donors (Lipinski definition) is 1. The van der Waals surface area contributed by atoms with Gasteiger partial charge >= 0.3 is 0 Å². The van der Waals surface area contributed by atoms with E-state index < -0.39 is 0 Å². The summed E-state index contributed by atoms with van der Waals surface area (Å²) >= 11 is 1.41. The molecule has 0 unspecified atom stereocenters. The Labute approximate surface area is 110 Å². The van der Waals surface area contributed by atoms with E-state index in [1.54, 1.807) is 6.26 Å². The van der Waals surface area contributed by atoms with Crippen molar-refractivity contribution in [1.82, 2.24) is 15.0 Å². The third-order valence-corrected chi connectivity index (χ3v) is 3.21. The van der Waals surface area contributed by atoms with Crippen molar-refractivity contribution in [3.63, 3.8) is 0 Å². The van der Waals surface area contributed by atoms with Gasteiger partial charge in [0.25, 0.3) is 5.22 Å². The van der Waals surface area contributed by atoms with Crippen LogP contribution in [0.5, 0.6) is 0 Å². The zero-order chi connectivity index (χ0) is 13.0. The van der Waals surface area contributed by atoms with Gasteiger partial charge in [-0.15, -0.1) is 0 Å². The van der Waals surface area contributed by atoms with Crippen LogP contribution in [0.2, 0.25) is 0 Å². The predicted molar refractivity (Wildman–Crippen MR) is 70.9 cm³/mol. The first-order chi connectivity index (χ1) is 8.69. The first-order valence-corrected chi connectivity index (χ1v) is 6.68. The van der Waals surface area contributed by atoms with Crippen LogP contribution in [-0.4, -0.2) is 21.5 Å². The number of nitrogens with one attached hydrogen (secondary N) is 1. The maximum atomic E-state index is 5.32. The topological polar surface area (TPSA) is 63.8 Å². The summed E-state index contributed by atoms with van der Waals surface area (Å²) in [6.45, 7) is 6.84. The molecule has 0 aliphatic heterocycles. The van der Waals surface area contributed by atoms with Gasteiger partial charge in [-0.05, 0) is 32.0 Å². The smallest absolute Gasteiger partial charge is 0.262 e. The van der Waals surface area contributed by atoms with Crippen molar-refractivity contribution in [2.45, 2.75) is 37.4 Å². The van der Waals surface area contributed by atoms with Crippen molar-refractivity contribution in [2.75, 3.05) is 11.9 Å². The second-order valence-corrected chi connectivity index (χ2v) is 4.91. The van der Waals surface area contributed by atoms with Crippen molar-refractivity contribution >= 4 is 17.7 Å². The van der Waals surface area contributed by atoms with Crippen molar-refractivity contribution in [1.29, 1.82) is 0 Å². The van der Waals surface area contributed by atoms with Gasteiger partial charge in [-0.25, -0.2) is 15.0 Å². The molecule has 96 valence electrons. The highest BCUT2D eigenvalue weighted by Crippen LogP contribution is 2.28. The largest absolute Gasteiger partial charge is 0.439 e. The Kier molecular flexibility index (Phi) is 4.19. The van der Waals surface area contributed by atoms with E-state index in [9.17, 15) is 0 Å². The summed E-state index contributed by atoms with van der Waals surface area (Å²) in [5.74, 6) is 0.647. The van der Waals surface area contributed by atoms with Crippen LogP contribution in [0.3, 0.4) is 0 Å². The molecule has 0 spiro atoms. The number of anilines is 1. The summed E-state index contributed by atoms with van der Waals surface area (Å²) in [5.41, 5.74) is 1.88. The number of nitrogens with zero attached hydrogens (tertiary/aromatic N) is 3. The lowest BCUT2D eigenvalue weighted by Crippen LogP contribution is -2.05. The van der Waals surface area contributed by atoms with Crippen LogP contribution >= 0.6 is 11.8 Å². The van der Waals surface area contributed by atoms with E-state index in [-0.39, 0.29) is 0 Å². The molecule has 0 saturated carbocycles. The molecule has 1 N–H and O–H groups in total. The molecule has 0 aromatic carbocycles. The monoisotopic (exact) mass is 264 g/mol. The van der Waals surface area contributed by atoms with Gasteiger partial charge in [-0.2, -0.15) is 0 Å². The quantitative estimate of drug-likeness (QED) is 0.837. The van der Waals surface area contributed by atoms with Crippen LogP contribution in [0.4, 0.5) is 5.95 Å². The van der Waals surface area contributed by atoms with Gasteiger partial charge in [-0.1, -0.05) is 6.92 Å². The summed E-state index contributed by atoms with van der Waals surface area (Å²) in [6.07, 6.45) is 4.48. The Morgan fingerprint density at radius 3 is 2.83 bits per heavy atom. The molecule has 5 nitrogen and oxygen atoms in total. The average Bonchev–Trinajstić information content (AvgIpc) is 2.76. The molecule has 6 heteroatoms.